The van der Waals surface area contributed by atoms with Crippen LogP contribution in [0.1, 0.15) is 32.8 Å². The van der Waals surface area contributed by atoms with Gasteiger partial charge in [-0.15, -0.1) is 0 Å². The average molecular weight is 218 g/mol. The van der Waals surface area contributed by atoms with Crippen molar-refractivity contribution in [3.8, 4) is 0 Å². The normalized spacial score (nSPS) is 11.6. The summed E-state index contributed by atoms with van der Waals surface area (Å²) in [6.45, 7) is 5.66. The van der Waals surface area contributed by atoms with Gasteiger partial charge in [-0.1, -0.05) is 37.3 Å². The van der Waals surface area contributed by atoms with Crippen LogP contribution in [0.15, 0.2) is 35.9 Å². The predicted octanol–water partition coefficient (Wildman–Crippen LogP) is 3.43. The Hall–Kier alpha value is -1.57. The first-order valence-electron chi connectivity index (χ1n) is 5.60. The summed E-state index contributed by atoms with van der Waals surface area (Å²) in [5.41, 5.74) is 1.74. The highest BCUT2D eigenvalue weighted by atomic mass is 16.5. The first-order chi connectivity index (χ1) is 7.63. The van der Waals surface area contributed by atoms with E-state index in [-0.39, 0.29) is 12.1 Å². The van der Waals surface area contributed by atoms with Crippen LogP contribution in [-0.4, -0.2) is 12.1 Å². The maximum absolute atomic E-state index is 11.7. The number of benzene rings is 1. The predicted molar refractivity (Wildman–Crippen MR) is 65.9 cm³/mol. The summed E-state index contributed by atoms with van der Waals surface area (Å²) in [7, 11) is 0. The van der Waals surface area contributed by atoms with E-state index in [0.29, 0.717) is 12.0 Å². The number of ether oxygens (including phenoxy) is 1. The fourth-order valence-corrected chi connectivity index (χ4v) is 1.35. The summed E-state index contributed by atoms with van der Waals surface area (Å²) < 4.78 is 5.17. The average Bonchev–Trinajstić information content (AvgIpc) is 2.26. The van der Waals surface area contributed by atoms with Crippen LogP contribution in [0.5, 0.6) is 0 Å². The molecule has 86 valence electrons. The number of carbonyl (C=O) groups is 1. The lowest BCUT2D eigenvalue weighted by Crippen LogP contribution is -2.13. The molecular weight excluding hydrogens is 200 g/mol. The molecule has 0 aliphatic rings. The van der Waals surface area contributed by atoms with Crippen LogP contribution in [0.2, 0.25) is 0 Å². The first-order valence-corrected chi connectivity index (χ1v) is 5.60. The molecular formula is C14H18O2. The van der Waals surface area contributed by atoms with Gasteiger partial charge in [0, 0.05) is 5.57 Å². The Morgan fingerprint density at radius 2 is 1.94 bits per heavy atom. The Kier molecular flexibility index (Phi) is 4.77. The Balaban J connectivity index is 2.82. The van der Waals surface area contributed by atoms with E-state index in [9.17, 15) is 4.79 Å². The molecule has 0 aliphatic carbocycles. The maximum Gasteiger partial charge on any atom is 0.334 e. The molecule has 0 unspecified atom stereocenters. The van der Waals surface area contributed by atoms with E-state index >= 15 is 0 Å². The van der Waals surface area contributed by atoms with E-state index in [1.165, 1.54) is 0 Å². The van der Waals surface area contributed by atoms with Gasteiger partial charge in [0.05, 0.1) is 6.10 Å². The van der Waals surface area contributed by atoms with Crippen molar-refractivity contribution in [3.05, 3.63) is 41.5 Å². The molecule has 0 saturated carbocycles. The van der Waals surface area contributed by atoms with E-state index in [0.717, 1.165) is 5.56 Å². The monoisotopic (exact) mass is 218 g/mol. The molecule has 0 spiro atoms. The van der Waals surface area contributed by atoms with Crippen LogP contribution in [0.4, 0.5) is 0 Å². The van der Waals surface area contributed by atoms with E-state index in [2.05, 4.69) is 0 Å². The van der Waals surface area contributed by atoms with Crippen LogP contribution in [-0.2, 0) is 9.53 Å². The molecule has 1 aromatic carbocycles. The van der Waals surface area contributed by atoms with E-state index in [4.69, 9.17) is 4.74 Å². The van der Waals surface area contributed by atoms with E-state index in [1.54, 1.807) is 0 Å². The standard InChI is InChI=1S/C14H18O2/c1-4-13(14(15)16-11(2)3)10-12-8-6-5-7-9-12/h5-11H,4H2,1-3H3. The van der Waals surface area contributed by atoms with Gasteiger partial charge in [-0.2, -0.15) is 0 Å². The van der Waals surface area contributed by atoms with Gasteiger partial charge in [0.15, 0.2) is 0 Å². The zero-order chi connectivity index (χ0) is 12.0. The zero-order valence-corrected chi connectivity index (χ0v) is 10.1. The lowest BCUT2D eigenvalue weighted by molar-refractivity contribution is -0.142. The number of hydrogen-bond donors (Lipinski definition) is 0. The number of esters is 1. The summed E-state index contributed by atoms with van der Waals surface area (Å²) in [4.78, 5) is 11.7. The van der Waals surface area contributed by atoms with Crippen LogP contribution < -0.4 is 0 Å². The fraction of sp³-hybridized carbons (Fsp3) is 0.357. The number of rotatable bonds is 4. The van der Waals surface area contributed by atoms with Gasteiger partial charge in [0.1, 0.15) is 0 Å². The second-order valence-electron chi connectivity index (χ2n) is 3.89. The molecule has 0 amide bonds. The van der Waals surface area contributed by atoms with Gasteiger partial charge >= 0.3 is 5.97 Å². The van der Waals surface area contributed by atoms with Crippen molar-refractivity contribution < 1.29 is 9.53 Å². The highest BCUT2D eigenvalue weighted by molar-refractivity contribution is 5.93. The van der Waals surface area contributed by atoms with Gasteiger partial charge in [-0.05, 0) is 31.9 Å². The Labute approximate surface area is 96.9 Å². The van der Waals surface area contributed by atoms with Crippen molar-refractivity contribution in [2.75, 3.05) is 0 Å². The van der Waals surface area contributed by atoms with Crippen molar-refractivity contribution in [1.29, 1.82) is 0 Å². The molecule has 2 nitrogen and oxygen atoms in total. The summed E-state index contributed by atoms with van der Waals surface area (Å²) in [5.74, 6) is -0.221. The summed E-state index contributed by atoms with van der Waals surface area (Å²) >= 11 is 0. The molecule has 0 saturated heterocycles. The summed E-state index contributed by atoms with van der Waals surface area (Å²) in [6.07, 6.45) is 2.49. The van der Waals surface area contributed by atoms with Crippen molar-refractivity contribution in [2.24, 2.45) is 0 Å². The molecule has 0 aliphatic heterocycles. The fourth-order valence-electron chi connectivity index (χ4n) is 1.35. The minimum atomic E-state index is -0.221. The van der Waals surface area contributed by atoms with Gasteiger partial charge in [-0.25, -0.2) is 4.79 Å². The van der Waals surface area contributed by atoms with Gasteiger partial charge < -0.3 is 4.74 Å². The Morgan fingerprint density at radius 1 is 1.31 bits per heavy atom. The molecule has 0 heterocycles. The van der Waals surface area contributed by atoms with E-state index in [1.807, 2.05) is 57.2 Å². The SMILES string of the molecule is CCC(=Cc1ccccc1)C(=O)OC(C)C. The molecule has 0 N–H and O–H groups in total. The second-order valence-corrected chi connectivity index (χ2v) is 3.89. The van der Waals surface area contributed by atoms with Crippen LogP contribution >= 0.6 is 0 Å². The molecule has 1 aromatic rings. The lowest BCUT2D eigenvalue weighted by Gasteiger charge is -2.09. The minimum absolute atomic E-state index is 0.0711. The van der Waals surface area contributed by atoms with Crippen LogP contribution in [0.3, 0.4) is 0 Å². The molecule has 1 rings (SSSR count). The minimum Gasteiger partial charge on any atom is -0.460 e. The summed E-state index contributed by atoms with van der Waals surface area (Å²) in [6, 6.07) is 9.80. The second kappa shape index (κ2) is 6.11. The van der Waals surface area contributed by atoms with Crippen molar-refractivity contribution in [2.45, 2.75) is 33.3 Å². The van der Waals surface area contributed by atoms with Crippen molar-refractivity contribution in [1.82, 2.24) is 0 Å². The molecule has 0 aromatic heterocycles. The van der Waals surface area contributed by atoms with Crippen molar-refractivity contribution in [3.63, 3.8) is 0 Å². The third kappa shape index (κ3) is 3.89. The van der Waals surface area contributed by atoms with Crippen molar-refractivity contribution >= 4 is 12.0 Å². The van der Waals surface area contributed by atoms with E-state index < -0.39 is 0 Å². The molecule has 0 radical (unpaired) electrons. The Morgan fingerprint density at radius 3 is 2.44 bits per heavy atom. The zero-order valence-electron chi connectivity index (χ0n) is 10.1. The molecule has 16 heavy (non-hydrogen) atoms. The third-order valence-electron chi connectivity index (χ3n) is 2.13. The molecule has 0 atom stereocenters. The smallest absolute Gasteiger partial charge is 0.334 e. The Bertz CT molecular complexity index is 364. The lowest BCUT2D eigenvalue weighted by atomic mass is 10.1. The van der Waals surface area contributed by atoms with Crippen LogP contribution in [0, 0.1) is 0 Å². The molecule has 0 bridgehead atoms. The highest BCUT2D eigenvalue weighted by Gasteiger charge is 2.10. The number of carbonyl (C=O) groups excluding carboxylic acids is 1. The van der Waals surface area contributed by atoms with Crippen LogP contribution in [0.25, 0.3) is 6.08 Å². The van der Waals surface area contributed by atoms with Gasteiger partial charge in [0.25, 0.3) is 0 Å². The largest absolute Gasteiger partial charge is 0.460 e. The molecule has 0 fully saturated rings. The van der Waals surface area contributed by atoms with Gasteiger partial charge in [0.2, 0.25) is 0 Å². The molecule has 2 heteroatoms. The highest BCUT2D eigenvalue weighted by Crippen LogP contribution is 2.12. The number of hydrogen-bond acceptors (Lipinski definition) is 2. The van der Waals surface area contributed by atoms with Gasteiger partial charge in [-0.3, -0.25) is 0 Å². The third-order valence-corrected chi connectivity index (χ3v) is 2.13. The first kappa shape index (κ1) is 12.5. The topological polar surface area (TPSA) is 26.3 Å². The summed E-state index contributed by atoms with van der Waals surface area (Å²) in [5, 5.41) is 0. The maximum atomic E-state index is 11.7. The quantitative estimate of drug-likeness (QED) is 0.571.